The number of halogens is 1. The first kappa shape index (κ1) is 10.3. The van der Waals surface area contributed by atoms with Crippen molar-refractivity contribution in [2.45, 2.75) is 19.8 Å². The summed E-state index contributed by atoms with van der Waals surface area (Å²) in [5.74, 6) is 0.691. The Hall–Kier alpha value is 0.210. The number of rotatable bonds is 4. The van der Waals surface area contributed by atoms with E-state index in [1.54, 1.807) is 0 Å². The molecule has 0 aromatic rings. The van der Waals surface area contributed by atoms with E-state index in [0.717, 1.165) is 39.3 Å². The molecule has 0 unspecified atom stereocenters. The Morgan fingerprint density at radius 1 is 1.42 bits per heavy atom. The zero-order valence-electron chi connectivity index (χ0n) is 7.64. The van der Waals surface area contributed by atoms with Crippen LogP contribution < -0.4 is 0 Å². The molecule has 0 saturated carbocycles. The maximum atomic E-state index is 5.94. The van der Waals surface area contributed by atoms with E-state index in [0.29, 0.717) is 5.88 Å². The van der Waals surface area contributed by atoms with Gasteiger partial charge in [-0.15, -0.1) is 11.6 Å². The molecule has 0 aliphatic carbocycles. The average Bonchev–Trinajstić information content (AvgIpc) is 2.16. The lowest BCUT2D eigenvalue weighted by Crippen LogP contribution is -2.35. The van der Waals surface area contributed by atoms with Crippen LogP contribution in [0.4, 0.5) is 0 Å². The molecule has 0 aromatic carbocycles. The lowest BCUT2D eigenvalue weighted by atomic mass is 9.83. The van der Waals surface area contributed by atoms with E-state index in [4.69, 9.17) is 21.1 Å². The van der Waals surface area contributed by atoms with Crippen LogP contribution in [0.2, 0.25) is 0 Å². The van der Waals surface area contributed by atoms with Gasteiger partial charge in [0.05, 0.1) is 6.61 Å². The standard InChI is InChI=1S/C9H17ClO2/c1-2-11-8-9(7-10)3-5-12-6-4-9/h2-8H2,1H3. The lowest BCUT2D eigenvalue weighted by molar-refractivity contribution is -0.0252. The minimum Gasteiger partial charge on any atom is -0.381 e. The first-order chi connectivity index (χ1) is 5.83. The van der Waals surface area contributed by atoms with Gasteiger partial charge in [0.25, 0.3) is 0 Å². The smallest absolute Gasteiger partial charge is 0.0535 e. The molecule has 2 nitrogen and oxygen atoms in total. The second-order valence-electron chi connectivity index (χ2n) is 3.38. The Balaban J connectivity index is 2.37. The summed E-state index contributed by atoms with van der Waals surface area (Å²) in [6, 6.07) is 0. The summed E-state index contributed by atoms with van der Waals surface area (Å²) >= 11 is 5.94. The van der Waals surface area contributed by atoms with Gasteiger partial charge in [-0.1, -0.05) is 0 Å². The molecule has 0 spiro atoms. The molecule has 12 heavy (non-hydrogen) atoms. The Labute approximate surface area is 79.2 Å². The van der Waals surface area contributed by atoms with E-state index >= 15 is 0 Å². The molecule has 0 bridgehead atoms. The summed E-state index contributed by atoms with van der Waals surface area (Å²) in [5.41, 5.74) is 0.190. The second kappa shape index (κ2) is 5.05. The van der Waals surface area contributed by atoms with Gasteiger partial charge in [0.1, 0.15) is 0 Å². The van der Waals surface area contributed by atoms with Crippen molar-refractivity contribution in [2.24, 2.45) is 5.41 Å². The van der Waals surface area contributed by atoms with Crippen LogP contribution in [0.1, 0.15) is 19.8 Å². The van der Waals surface area contributed by atoms with Gasteiger partial charge < -0.3 is 9.47 Å². The van der Waals surface area contributed by atoms with Crippen molar-refractivity contribution in [3.63, 3.8) is 0 Å². The van der Waals surface area contributed by atoms with Crippen molar-refractivity contribution < 1.29 is 9.47 Å². The molecule has 1 rings (SSSR count). The average molecular weight is 193 g/mol. The monoisotopic (exact) mass is 192 g/mol. The van der Waals surface area contributed by atoms with Crippen LogP contribution in [0, 0.1) is 5.41 Å². The third-order valence-electron chi connectivity index (χ3n) is 2.45. The van der Waals surface area contributed by atoms with Gasteiger partial charge in [-0.25, -0.2) is 0 Å². The Kier molecular flexibility index (Phi) is 4.33. The molecule has 0 aromatic heterocycles. The predicted octanol–water partition coefficient (Wildman–Crippen LogP) is 2.06. The van der Waals surface area contributed by atoms with Crippen molar-refractivity contribution in [1.29, 1.82) is 0 Å². The number of hydrogen-bond acceptors (Lipinski definition) is 2. The molecule has 1 heterocycles. The Bertz CT molecular complexity index is 122. The predicted molar refractivity (Wildman–Crippen MR) is 49.7 cm³/mol. The highest BCUT2D eigenvalue weighted by atomic mass is 35.5. The second-order valence-corrected chi connectivity index (χ2v) is 3.65. The van der Waals surface area contributed by atoms with Gasteiger partial charge in [0.2, 0.25) is 0 Å². The minimum absolute atomic E-state index is 0.190. The molecule has 1 fully saturated rings. The lowest BCUT2D eigenvalue weighted by Gasteiger charge is -2.34. The third kappa shape index (κ3) is 2.61. The van der Waals surface area contributed by atoms with Crippen LogP contribution in [0.15, 0.2) is 0 Å². The van der Waals surface area contributed by atoms with Crippen LogP contribution in [-0.2, 0) is 9.47 Å². The zero-order chi connectivity index (χ0) is 8.86. The molecular formula is C9H17ClO2. The summed E-state index contributed by atoms with van der Waals surface area (Å²) in [6.45, 7) is 5.25. The van der Waals surface area contributed by atoms with E-state index in [1.807, 2.05) is 6.92 Å². The maximum absolute atomic E-state index is 5.94. The van der Waals surface area contributed by atoms with Gasteiger partial charge in [-0.3, -0.25) is 0 Å². The van der Waals surface area contributed by atoms with Crippen LogP contribution in [-0.4, -0.2) is 32.3 Å². The molecular weight excluding hydrogens is 176 g/mol. The molecule has 72 valence electrons. The highest BCUT2D eigenvalue weighted by Gasteiger charge is 2.31. The van der Waals surface area contributed by atoms with Crippen molar-refractivity contribution >= 4 is 11.6 Å². The summed E-state index contributed by atoms with van der Waals surface area (Å²) in [7, 11) is 0. The zero-order valence-corrected chi connectivity index (χ0v) is 8.40. The van der Waals surface area contributed by atoms with Crippen molar-refractivity contribution in [1.82, 2.24) is 0 Å². The van der Waals surface area contributed by atoms with Crippen LogP contribution in [0.25, 0.3) is 0 Å². The van der Waals surface area contributed by atoms with E-state index in [9.17, 15) is 0 Å². The molecule has 0 atom stereocenters. The summed E-state index contributed by atoms with van der Waals surface area (Å²) in [6.07, 6.45) is 2.08. The summed E-state index contributed by atoms with van der Waals surface area (Å²) in [5, 5.41) is 0. The summed E-state index contributed by atoms with van der Waals surface area (Å²) in [4.78, 5) is 0. The Morgan fingerprint density at radius 3 is 2.58 bits per heavy atom. The molecule has 1 aliphatic rings. The molecule has 3 heteroatoms. The van der Waals surface area contributed by atoms with E-state index in [1.165, 1.54) is 0 Å². The first-order valence-electron chi connectivity index (χ1n) is 4.54. The Morgan fingerprint density at radius 2 is 2.08 bits per heavy atom. The van der Waals surface area contributed by atoms with E-state index in [-0.39, 0.29) is 5.41 Å². The van der Waals surface area contributed by atoms with Gasteiger partial charge in [-0.05, 0) is 19.8 Å². The van der Waals surface area contributed by atoms with E-state index < -0.39 is 0 Å². The largest absolute Gasteiger partial charge is 0.381 e. The molecule has 1 saturated heterocycles. The van der Waals surface area contributed by atoms with Crippen LogP contribution >= 0.6 is 11.6 Å². The molecule has 0 amide bonds. The topological polar surface area (TPSA) is 18.5 Å². The number of ether oxygens (including phenoxy) is 2. The molecule has 0 radical (unpaired) electrons. The quantitative estimate of drug-likeness (QED) is 0.635. The SMILES string of the molecule is CCOCC1(CCl)CCOCC1. The van der Waals surface area contributed by atoms with Gasteiger partial charge in [0.15, 0.2) is 0 Å². The van der Waals surface area contributed by atoms with E-state index in [2.05, 4.69) is 0 Å². The highest BCUT2D eigenvalue weighted by molar-refractivity contribution is 6.18. The highest BCUT2D eigenvalue weighted by Crippen LogP contribution is 2.31. The van der Waals surface area contributed by atoms with Crippen LogP contribution in [0.5, 0.6) is 0 Å². The van der Waals surface area contributed by atoms with Gasteiger partial charge in [-0.2, -0.15) is 0 Å². The minimum atomic E-state index is 0.190. The van der Waals surface area contributed by atoms with Gasteiger partial charge in [0, 0.05) is 31.1 Å². The van der Waals surface area contributed by atoms with Gasteiger partial charge >= 0.3 is 0 Å². The van der Waals surface area contributed by atoms with Crippen LogP contribution in [0.3, 0.4) is 0 Å². The first-order valence-corrected chi connectivity index (χ1v) is 5.08. The third-order valence-corrected chi connectivity index (χ3v) is 3.02. The normalized spacial score (nSPS) is 22.5. The van der Waals surface area contributed by atoms with Crippen molar-refractivity contribution in [3.8, 4) is 0 Å². The number of hydrogen-bond donors (Lipinski definition) is 0. The summed E-state index contributed by atoms with van der Waals surface area (Å²) < 4.78 is 10.7. The fourth-order valence-corrected chi connectivity index (χ4v) is 1.78. The fraction of sp³-hybridized carbons (Fsp3) is 1.00. The molecule has 0 N–H and O–H groups in total. The molecule has 1 aliphatic heterocycles. The maximum Gasteiger partial charge on any atom is 0.0535 e. The van der Waals surface area contributed by atoms with Crippen molar-refractivity contribution in [2.75, 3.05) is 32.3 Å². The number of alkyl halides is 1. The fourth-order valence-electron chi connectivity index (χ4n) is 1.44. The van der Waals surface area contributed by atoms with Crippen molar-refractivity contribution in [3.05, 3.63) is 0 Å².